The van der Waals surface area contributed by atoms with Crippen molar-refractivity contribution in [2.45, 2.75) is 58.0 Å². The van der Waals surface area contributed by atoms with E-state index in [0.717, 1.165) is 18.4 Å². The number of carbonyl (C=O) groups excluding carboxylic acids is 4. The second-order valence-corrected chi connectivity index (χ2v) is 9.56. The van der Waals surface area contributed by atoms with E-state index in [1.54, 1.807) is 24.3 Å². The first-order valence-electron chi connectivity index (χ1n) is 12.1. The molecule has 0 bridgehead atoms. The molecule has 0 aromatic heterocycles. The van der Waals surface area contributed by atoms with Crippen molar-refractivity contribution in [1.29, 1.82) is 0 Å². The van der Waals surface area contributed by atoms with Crippen LogP contribution < -0.4 is 15.4 Å². The Kier molecular flexibility index (Phi) is 9.18. The van der Waals surface area contributed by atoms with Gasteiger partial charge >= 0.3 is 0 Å². The third kappa shape index (κ3) is 8.05. The van der Waals surface area contributed by atoms with E-state index in [1.165, 1.54) is 7.11 Å². The Bertz CT molecular complexity index is 1050. The molecular weight excluding hydrogens is 444 g/mol. The number of hydrogen-bond acceptors (Lipinski definition) is 5. The molecule has 1 aliphatic carbocycles. The second-order valence-electron chi connectivity index (χ2n) is 9.56. The molecule has 1 unspecified atom stereocenters. The lowest BCUT2D eigenvalue weighted by Gasteiger charge is -2.22. The van der Waals surface area contributed by atoms with E-state index in [2.05, 4.69) is 10.6 Å². The first-order chi connectivity index (χ1) is 16.8. The molecule has 0 aliphatic heterocycles. The van der Waals surface area contributed by atoms with Crippen molar-refractivity contribution in [3.8, 4) is 5.75 Å². The number of Topliss-reactive ketones (excluding diaryl/α,β-unsaturated/α-hetero) is 2. The SMILES string of the molecule is COc1cccc(C(=O)N[C@@H](CC(C)C)C(=O)CC(Cc2ccccc2)C(=O)C(=O)NC2CC2)c1. The molecule has 35 heavy (non-hydrogen) atoms. The number of benzene rings is 2. The molecule has 2 N–H and O–H groups in total. The lowest BCUT2D eigenvalue weighted by atomic mass is 9.86. The Morgan fingerprint density at radius 3 is 2.34 bits per heavy atom. The van der Waals surface area contributed by atoms with Gasteiger partial charge in [0.05, 0.1) is 13.2 Å². The highest BCUT2D eigenvalue weighted by atomic mass is 16.5. The summed E-state index contributed by atoms with van der Waals surface area (Å²) in [4.78, 5) is 51.9. The maximum Gasteiger partial charge on any atom is 0.287 e. The standard InChI is InChI=1S/C28H34N2O5/c1-18(2)14-24(30-27(33)20-10-7-11-23(16-20)35-3)25(31)17-21(15-19-8-5-4-6-9-19)26(32)28(34)29-22-12-13-22/h4-11,16,18,21-22,24H,12-15,17H2,1-3H3,(H,29,34)(H,30,33)/t21?,24-/m0/s1. The van der Waals surface area contributed by atoms with Gasteiger partial charge in [0.15, 0.2) is 5.78 Å². The average Bonchev–Trinajstić information content (AvgIpc) is 3.67. The number of ketones is 2. The topological polar surface area (TPSA) is 102 Å². The maximum atomic E-state index is 13.4. The fourth-order valence-corrected chi connectivity index (χ4v) is 3.96. The molecule has 0 saturated heterocycles. The Balaban J connectivity index is 1.76. The van der Waals surface area contributed by atoms with Crippen LogP contribution in [0.4, 0.5) is 0 Å². The fourth-order valence-electron chi connectivity index (χ4n) is 3.96. The molecule has 3 rings (SSSR count). The van der Waals surface area contributed by atoms with Gasteiger partial charge in [-0.3, -0.25) is 19.2 Å². The third-order valence-electron chi connectivity index (χ3n) is 6.01. The molecule has 2 aromatic carbocycles. The van der Waals surface area contributed by atoms with Crippen LogP contribution in [0, 0.1) is 11.8 Å². The quantitative estimate of drug-likeness (QED) is 0.429. The summed E-state index contributed by atoms with van der Waals surface area (Å²) in [6, 6.07) is 15.3. The number of nitrogens with one attached hydrogen (secondary N) is 2. The van der Waals surface area contributed by atoms with Crippen LogP contribution in [-0.2, 0) is 20.8 Å². The van der Waals surface area contributed by atoms with Gasteiger partial charge in [0.2, 0.25) is 5.78 Å². The minimum absolute atomic E-state index is 0.0513. The smallest absolute Gasteiger partial charge is 0.287 e. The summed E-state index contributed by atoms with van der Waals surface area (Å²) < 4.78 is 5.19. The normalized spacial score (nSPS) is 14.6. The minimum atomic E-state index is -0.799. The molecular formula is C28H34N2O5. The number of amides is 2. The monoisotopic (exact) mass is 478 g/mol. The van der Waals surface area contributed by atoms with Gasteiger partial charge in [-0.05, 0) is 55.4 Å². The first-order valence-corrected chi connectivity index (χ1v) is 12.1. The highest BCUT2D eigenvalue weighted by Crippen LogP contribution is 2.21. The van der Waals surface area contributed by atoms with E-state index < -0.39 is 23.7 Å². The largest absolute Gasteiger partial charge is 0.497 e. The third-order valence-corrected chi connectivity index (χ3v) is 6.01. The summed E-state index contributed by atoms with van der Waals surface area (Å²) in [5, 5.41) is 5.58. The zero-order valence-corrected chi connectivity index (χ0v) is 20.6. The zero-order chi connectivity index (χ0) is 25.4. The summed E-state index contributed by atoms with van der Waals surface area (Å²) in [5.41, 5.74) is 1.25. The Labute approximate surface area is 206 Å². The number of hydrogen-bond donors (Lipinski definition) is 2. The molecule has 1 saturated carbocycles. The second kappa shape index (κ2) is 12.3. The van der Waals surface area contributed by atoms with Gasteiger partial charge in [-0.15, -0.1) is 0 Å². The van der Waals surface area contributed by atoms with Gasteiger partial charge in [-0.25, -0.2) is 0 Å². The molecule has 0 heterocycles. The molecule has 2 atom stereocenters. The van der Waals surface area contributed by atoms with Crippen LogP contribution in [-0.4, -0.2) is 42.6 Å². The van der Waals surface area contributed by atoms with Crippen LogP contribution in [0.5, 0.6) is 5.75 Å². The Hall–Kier alpha value is -3.48. The Morgan fingerprint density at radius 1 is 1.00 bits per heavy atom. The van der Waals surface area contributed by atoms with Crippen molar-refractivity contribution in [3.63, 3.8) is 0 Å². The molecule has 7 heteroatoms. The van der Waals surface area contributed by atoms with Gasteiger partial charge in [0.25, 0.3) is 11.8 Å². The van der Waals surface area contributed by atoms with Crippen LogP contribution in [0.1, 0.15) is 55.5 Å². The van der Waals surface area contributed by atoms with E-state index in [0.29, 0.717) is 17.7 Å². The van der Waals surface area contributed by atoms with Crippen LogP contribution in [0.2, 0.25) is 0 Å². The van der Waals surface area contributed by atoms with Gasteiger partial charge in [-0.2, -0.15) is 0 Å². The van der Waals surface area contributed by atoms with Crippen molar-refractivity contribution >= 4 is 23.4 Å². The molecule has 2 amide bonds. The number of rotatable bonds is 13. The predicted molar refractivity (Wildman–Crippen MR) is 133 cm³/mol. The van der Waals surface area contributed by atoms with Crippen molar-refractivity contribution in [1.82, 2.24) is 10.6 Å². The van der Waals surface area contributed by atoms with Gasteiger partial charge in [0.1, 0.15) is 5.75 Å². The fraction of sp³-hybridized carbons (Fsp3) is 0.429. The van der Waals surface area contributed by atoms with E-state index in [4.69, 9.17) is 4.74 Å². The summed E-state index contributed by atoms with van der Waals surface area (Å²) in [6.45, 7) is 3.93. The van der Waals surface area contributed by atoms with Gasteiger partial charge in [-0.1, -0.05) is 50.2 Å². The van der Waals surface area contributed by atoms with E-state index >= 15 is 0 Å². The van der Waals surface area contributed by atoms with E-state index in [9.17, 15) is 19.2 Å². The van der Waals surface area contributed by atoms with Crippen molar-refractivity contribution in [2.24, 2.45) is 11.8 Å². The molecule has 2 aromatic rings. The molecule has 0 radical (unpaired) electrons. The summed E-state index contributed by atoms with van der Waals surface area (Å²) in [7, 11) is 1.52. The molecule has 0 spiro atoms. The predicted octanol–water partition coefficient (Wildman–Crippen LogP) is 3.51. The molecule has 186 valence electrons. The molecule has 1 fully saturated rings. The highest BCUT2D eigenvalue weighted by Gasteiger charge is 2.34. The summed E-state index contributed by atoms with van der Waals surface area (Å²) in [6.07, 6.45) is 2.32. The van der Waals surface area contributed by atoms with Crippen LogP contribution in [0.25, 0.3) is 0 Å². The zero-order valence-electron chi connectivity index (χ0n) is 20.6. The van der Waals surface area contributed by atoms with Crippen LogP contribution in [0.3, 0.4) is 0 Å². The highest BCUT2D eigenvalue weighted by molar-refractivity contribution is 6.37. The minimum Gasteiger partial charge on any atom is -0.497 e. The molecule has 1 aliphatic rings. The van der Waals surface area contributed by atoms with Gasteiger partial charge < -0.3 is 15.4 Å². The van der Waals surface area contributed by atoms with Crippen molar-refractivity contribution in [3.05, 3.63) is 65.7 Å². The van der Waals surface area contributed by atoms with Gasteiger partial charge in [0, 0.05) is 23.9 Å². The van der Waals surface area contributed by atoms with Crippen LogP contribution >= 0.6 is 0 Å². The van der Waals surface area contributed by atoms with E-state index in [-0.39, 0.29) is 36.5 Å². The number of carbonyl (C=O) groups is 4. The Morgan fingerprint density at radius 2 is 1.71 bits per heavy atom. The first kappa shape index (κ1) is 26.1. The van der Waals surface area contributed by atoms with E-state index in [1.807, 2.05) is 44.2 Å². The average molecular weight is 479 g/mol. The summed E-state index contributed by atoms with van der Waals surface area (Å²) >= 11 is 0. The van der Waals surface area contributed by atoms with Crippen molar-refractivity contribution in [2.75, 3.05) is 7.11 Å². The van der Waals surface area contributed by atoms with Crippen LogP contribution in [0.15, 0.2) is 54.6 Å². The maximum absolute atomic E-state index is 13.4. The lowest BCUT2D eigenvalue weighted by Crippen LogP contribution is -2.44. The molecule has 7 nitrogen and oxygen atoms in total. The number of ether oxygens (including phenoxy) is 1. The summed E-state index contributed by atoms with van der Waals surface area (Å²) in [5.74, 6) is -2.00. The number of methoxy groups -OCH3 is 1. The lowest BCUT2D eigenvalue weighted by molar-refractivity contribution is -0.141. The van der Waals surface area contributed by atoms with Crippen molar-refractivity contribution < 1.29 is 23.9 Å².